The van der Waals surface area contributed by atoms with Gasteiger partial charge in [-0.15, -0.1) is 5.10 Å². The molecule has 0 aliphatic carbocycles. The molecule has 0 saturated heterocycles. The molecule has 0 unspecified atom stereocenters. The van der Waals surface area contributed by atoms with E-state index in [2.05, 4.69) is 26.8 Å². The summed E-state index contributed by atoms with van der Waals surface area (Å²) in [5.74, 6) is -0.437. The number of anilines is 1. The van der Waals surface area contributed by atoms with Crippen molar-refractivity contribution in [2.75, 3.05) is 11.9 Å². The van der Waals surface area contributed by atoms with Crippen molar-refractivity contribution in [2.24, 2.45) is 0 Å². The van der Waals surface area contributed by atoms with E-state index in [9.17, 15) is 4.79 Å². The lowest BCUT2D eigenvalue weighted by atomic mass is 10.4. The second-order valence-electron chi connectivity index (χ2n) is 4.25. The zero-order valence-electron chi connectivity index (χ0n) is 10.9. The molecule has 104 valence electrons. The van der Waals surface area contributed by atoms with Crippen molar-refractivity contribution in [3.8, 4) is 0 Å². The zero-order valence-corrected chi connectivity index (χ0v) is 11.7. The van der Waals surface area contributed by atoms with Crippen LogP contribution in [0.2, 0.25) is 0 Å². The predicted molar refractivity (Wildman–Crippen MR) is 76.1 cm³/mol. The highest BCUT2D eigenvalue weighted by Gasteiger charge is 2.14. The number of pyridine rings is 1. The molecule has 0 fully saturated rings. The lowest BCUT2D eigenvalue weighted by Gasteiger charge is -2.03. The van der Waals surface area contributed by atoms with Gasteiger partial charge in [0.15, 0.2) is 11.2 Å². The van der Waals surface area contributed by atoms with Gasteiger partial charge in [-0.1, -0.05) is 11.4 Å². The Morgan fingerprint density at radius 3 is 3.25 bits per heavy atom. The minimum absolute atomic E-state index is 0.297. The molecule has 7 nitrogen and oxygen atoms in total. The first kappa shape index (κ1) is 12.8. The Morgan fingerprint density at radius 2 is 2.40 bits per heavy atom. The third kappa shape index (κ3) is 2.29. The smallest absolute Gasteiger partial charge is 0.406 e. The minimum Gasteiger partial charge on any atom is -0.406 e. The summed E-state index contributed by atoms with van der Waals surface area (Å²) in [6, 6.07) is 3.45. The zero-order chi connectivity index (χ0) is 13.9. The van der Waals surface area contributed by atoms with Crippen LogP contribution in [0.3, 0.4) is 0 Å². The first-order valence-electron chi connectivity index (χ1n) is 6.29. The van der Waals surface area contributed by atoms with Crippen LogP contribution in [0.4, 0.5) is 5.00 Å². The number of rotatable bonds is 5. The average Bonchev–Trinajstić information content (AvgIpc) is 3.02. The predicted octanol–water partition coefficient (Wildman–Crippen LogP) is 1.71. The second-order valence-corrected chi connectivity index (χ2v) is 5.01. The summed E-state index contributed by atoms with van der Waals surface area (Å²) in [5, 5.41) is 8.20. The van der Waals surface area contributed by atoms with E-state index < -0.39 is 5.76 Å². The van der Waals surface area contributed by atoms with Crippen LogP contribution in [0.5, 0.6) is 0 Å². The Bertz CT molecular complexity index is 775. The Labute approximate surface area is 118 Å². The van der Waals surface area contributed by atoms with Gasteiger partial charge in [0.25, 0.3) is 0 Å². The van der Waals surface area contributed by atoms with Crippen LogP contribution in [-0.4, -0.2) is 25.7 Å². The molecule has 0 saturated carbocycles. The number of fused-ring (bicyclic) bond motifs is 1. The van der Waals surface area contributed by atoms with Gasteiger partial charge in [0.1, 0.15) is 10.7 Å². The Hall–Kier alpha value is -2.22. The van der Waals surface area contributed by atoms with Crippen molar-refractivity contribution in [3.63, 3.8) is 0 Å². The van der Waals surface area contributed by atoms with Crippen molar-refractivity contribution in [1.29, 1.82) is 0 Å². The molecule has 3 aromatic heterocycles. The number of aromatic nitrogens is 4. The Kier molecular flexibility index (Phi) is 3.46. The molecule has 0 spiro atoms. The van der Waals surface area contributed by atoms with Crippen LogP contribution < -0.4 is 11.1 Å². The molecule has 0 aromatic carbocycles. The summed E-state index contributed by atoms with van der Waals surface area (Å²) < 4.78 is 10.5. The molecule has 0 bridgehead atoms. The Balaban J connectivity index is 1.95. The molecule has 3 rings (SSSR count). The van der Waals surface area contributed by atoms with Gasteiger partial charge in [-0.3, -0.25) is 4.57 Å². The van der Waals surface area contributed by atoms with E-state index in [1.54, 1.807) is 18.3 Å². The molecule has 0 atom stereocenters. The summed E-state index contributed by atoms with van der Waals surface area (Å²) in [6.07, 6.45) is 2.64. The van der Waals surface area contributed by atoms with E-state index >= 15 is 0 Å². The topological polar surface area (TPSA) is 85.8 Å². The number of oxazole rings is 1. The second kappa shape index (κ2) is 5.41. The van der Waals surface area contributed by atoms with Crippen molar-refractivity contribution in [3.05, 3.63) is 34.6 Å². The van der Waals surface area contributed by atoms with E-state index in [-0.39, 0.29) is 0 Å². The van der Waals surface area contributed by atoms with Crippen LogP contribution >= 0.6 is 11.5 Å². The van der Waals surface area contributed by atoms with Crippen LogP contribution in [0, 0.1) is 0 Å². The van der Waals surface area contributed by atoms with Gasteiger partial charge in [0.2, 0.25) is 0 Å². The molecule has 3 aromatic rings. The molecule has 0 aliphatic heterocycles. The normalized spacial score (nSPS) is 11.1. The maximum atomic E-state index is 11.9. The van der Waals surface area contributed by atoms with Gasteiger partial charge in [-0.2, -0.15) is 0 Å². The third-order valence-electron chi connectivity index (χ3n) is 2.82. The summed E-state index contributed by atoms with van der Waals surface area (Å²) in [4.78, 5) is 16.1. The van der Waals surface area contributed by atoms with E-state index in [0.717, 1.165) is 23.7 Å². The minimum atomic E-state index is -0.437. The highest BCUT2D eigenvalue weighted by Crippen LogP contribution is 2.19. The van der Waals surface area contributed by atoms with Gasteiger partial charge in [-0.05, 0) is 18.6 Å². The van der Waals surface area contributed by atoms with Gasteiger partial charge >= 0.3 is 5.76 Å². The fourth-order valence-electron chi connectivity index (χ4n) is 1.87. The first-order chi connectivity index (χ1) is 9.79. The standard InChI is InChI=1S/C12H13N5O2S/c1-2-5-14-11-8(15-16-20-11)7-17-10-9(19-12(17)18)4-3-6-13-10/h3-4,6,14H,2,5,7H2,1H3. The van der Waals surface area contributed by atoms with Crippen LogP contribution in [0.15, 0.2) is 27.5 Å². The number of hydrogen-bond donors (Lipinski definition) is 1. The molecule has 8 heteroatoms. The SMILES string of the molecule is CCCNc1snnc1Cn1c(=O)oc2cccnc21. The highest BCUT2D eigenvalue weighted by atomic mass is 32.1. The molecule has 1 N–H and O–H groups in total. The fourth-order valence-corrected chi connectivity index (χ4v) is 2.47. The van der Waals surface area contributed by atoms with Crippen LogP contribution in [0.25, 0.3) is 11.2 Å². The number of hydrogen-bond acceptors (Lipinski definition) is 7. The van der Waals surface area contributed by atoms with Crippen molar-refractivity contribution in [2.45, 2.75) is 19.9 Å². The molecule has 0 aliphatic rings. The van der Waals surface area contributed by atoms with Crippen molar-refractivity contribution in [1.82, 2.24) is 19.1 Å². The first-order valence-corrected chi connectivity index (χ1v) is 7.06. The quantitative estimate of drug-likeness (QED) is 0.770. The maximum Gasteiger partial charge on any atom is 0.421 e. The third-order valence-corrected chi connectivity index (χ3v) is 3.55. The molecule has 0 amide bonds. The van der Waals surface area contributed by atoms with E-state index in [0.29, 0.717) is 17.8 Å². The van der Waals surface area contributed by atoms with Crippen molar-refractivity contribution >= 4 is 27.8 Å². The van der Waals surface area contributed by atoms with Crippen molar-refractivity contribution < 1.29 is 4.42 Å². The van der Waals surface area contributed by atoms with Crippen LogP contribution in [0.1, 0.15) is 19.0 Å². The van der Waals surface area contributed by atoms with Crippen LogP contribution in [-0.2, 0) is 6.54 Å². The molecular weight excluding hydrogens is 278 g/mol. The highest BCUT2D eigenvalue weighted by molar-refractivity contribution is 7.10. The summed E-state index contributed by atoms with van der Waals surface area (Å²) in [7, 11) is 0. The summed E-state index contributed by atoms with van der Waals surface area (Å²) >= 11 is 1.28. The van der Waals surface area contributed by atoms with E-state index in [4.69, 9.17) is 4.42 Å². The van der Waals surface area contributed by atoms with E-state index in [1.165, 1.54) is 16.1 Å². The number of nitrogens with zero attached hydrogens (tertiary/aromatic N) is 4. The monoisotopic (exact) mass is 291 g/mol. The lowest BCUT2D eigenvalue weighted by molar-refractivity contribution is 0.516. The summed E-state index contributed by atoms with van der Waals surface area (Å²) in [6.45, 7) is 3.22. The summed E-state index contributed by atoms with van der Waals surface area (Å²) in [5.41, 5.74) is 1.72. The van der Waals surface area contributed by atoms with Gasteiger partial charge < -0.3 is 9.73 Å². The number of nitrogens with one attached hydrogen (secondary N) is 1. The fraction of sp³-hybridized carbons (Fsp3) is 0.333. The molecular formula is C12H13N5O2S. The largest absolute Gasteiger partial charge is 0.421 e. The molecule has 3 heterocycles. The lowest BCUT2D eigenvalue weighted by Crippen LogP contribution is -2.16. The average molecular weight is 291 g/mol. The maximum absolute atomic E-state index is 11.9. The molecule has 20 heavy (non-hydrogen) atoms. The van der Waals surface area contributed by atoms with Gasteiger partial charge in [0.05, 0.1) is 6.54 Å². The molecule has 0 radical (unpaired) electrons. The Morgan fingerprint density at radius 1 is 1.50 bits per heavy atom. The van der Waals surface area contributed by atoms with E-state index in [1.807, 2.05) is 0 Å². The van der Waals surface area contributed by atoms with Gasteiger partial charge in [-0.25, -0.2) is 9.78 Å². The van der Waals surface area contributed by atoms with Gasteiger partial charge in [0, 0.05) is 24.3 Å².